The smallest absolute Gasteiger partial charge is 0.283 e. The topological polar surface area (TPSA) is 63.6 Å². The largest absolute Gasteiger partial charge is 0.298 e. The monoisotopic (exact) mass is 408 g/mol. The zero-order chi connectivity index (χ0) is 20.6. The van der Waals surface area contributed by atoms with Gasteiger partial charge in [0.2, 0.25) is 5.44 Å². The van der Waals surface area contributed by atoms with Crippen molar-refractivity contribution in [1.82, 2.24) is 0 Å². The Morgan fingerprint density at radius 2 is 1.11 bits per heavy atom. The van der Waals surface area contributed by atoms with Crippen molar-refractivity contribution >= 4 is 10.1 Å². The van der Waals surface area contributed by atoms with Gasteiger partial charge in [-0.25, -0.2) is 0 Å². The van der Waals surface area contributed by atoms with Gasteiger partial charge in [-0.05, 0) is 19.3 Å². The molecule has 1 atom stereocenters. The second-order valence-corrected chi connectivity index (χ2v) is 9.91. The predicted molar refractivity (Wildman–Crippen MR) is 114 cm³/mol. The Bertz CT molecular complexity index is 437. The van der Waals surface area contributed by atoms with Crippen LogP contribution in [0, 0.1) is 0 Å². The van der Waals surface area contributed by atoms with Crippen LogP contribution in [0.25, 0.3) is 0 Å². The number of unbranched alkanes of at least 4 members (excludes halogenated alkanes) is 13. The summed E-state index contributed by atoms with van der Waals surface area (Å²) >= 11 is 0. The minimum Gasteiger partial charge on any atom is -0.283 e. The van der Waals surface area contributed by atoms with Crippen LogP contribution in [0.5, 0.6) is 0 Å². The Morgan fingerprint density at radius 1 is 0.741 bits per heavy atom. The van der Waals surface area contributed by atoms with Crippen LogP contribution in [0.4, 0.5) is 0 Å². The molecule has 5 nitrogen and oxygen atoms in total. The molecule has 0 aliphatic rings. The molecule has 0 fully saturated rings. The van der Waals surface area contributed by atoms with Crippen LogP contribution in [0.2, 0.25) is 0 Å². The third kappa shape index (κ3) is 16.5. The molecule has 0 spiro atoms. The molecule has 1 N–H and O–H groups in total. The van der Waals surface area contributed by atoms with Gasteiger partial charge in [-0.15, -0.1) is 0 Å². The summed E-state index contributed by atoms with van der Waals surface area (Å²) in [6.45, 7) is 4.72. The van der Waals surface area contributed by atoms with Gasteiger partial charge in [0.05, 0.1) is 14.1 Å². The van der Waals surface area contributed by atoms with Crippen LogP contribution < -0.4 is 0 Å². The van der Waals surface area contributed by atoms with E-state index in [2.05, 4.69) is 6.92 Å². The normalized spacial score (nSPS) is 13.8. The van der Waals surface area contributed by atoms with Crippen molar-refractivity contribution in [3.8, 4) is 0 Å². The summed E-state index contributed by atoms with van der Waals surface area (Å²) < 4.78 is 31.9. The van der Waals surface area contributed by atoms with E-state index in [1.807, 2.05) is 14.1 Å². The summed E-state index contributed by atoms with van der Waals surface area (Å²) in [5, 5.41) is 0. The maximum atomic E-state index is 11.3. The fourth-order valence-electron chi connectivity index (χ4n) is 3.40. The van der Waals surface area contributed by atoms with Crippen LogP contribution in [0.15, 0.2) is 0 Å². The molecular weight excluding hydrogens is 362 g/mol. The van der Waals surface area contributed by atoms with Gasteiger partial charge in [0.1, 0.15) is 6.54 Å². The van der Waals surface area contributed by atoms with Gasteiger partial charge in [0.15, 0.2) is 0 Å². The molecule has 0 aliphatic heterocycles. The maximum absolute atomic E-state index is 11.3. The van der Waals surface area contributed by atoms with Crippen LogP contribution in [-0.4, -0.2) is 43.7 Å². The minimum atomic E-state index is -4.14. The summed E-state index contributed by atoms with van der Waals surface area (Å²) in [6.07, 6.45) is 18.7. The molecule has 1 unspecified atom stereocenters. The van der Waals surface area contributed by atoms with Gasteiger partial charge in [-0.1, -0.05) is 90.9 Å². The number of hydroxylamine groups is 3. The Kier molecular flexibility index (Phi) is 15.6. The average molecular weight is 409 g/mol. The SMILES string of the molecule is CCCCCCCCCCCCCCCC[N+](C)(C)OC(CC)S(=O)(=O)O. The molecule has 0 saturated heterocycles. The molecule has 0 bridgehead atoms. The molecule has 0 aromatic heterocycles. The van der Waals surface area contributed by atoms with E-state index in [0.29, 0.717) is 0 Å². The highest BCUT2D eigenvalue weighted by Gasteiger charge is 2.31. The lowest BCUT2D eigenvalue weighted by Gasteiger charge is -2.29. The summed E-state index contributed by atoms with van der Waals surface area (Å²) in [7, 11) is -0.458. The van der Waals surface area contributed by atoms with E-state index < -0.39 is 15.6 Å². The average Bonchev–Trinajstić information content (AvgIpc) is 2.59. The quantitative estimate of drug-likeness (QED) is 0.121. The van der Waals surface area contributed by atoms with E-state index in [1.54, 1.807) is 6.92 Å². The first-order chi connectivity index (χ1) is 12.7. The van der Waals surface area contributed by atoms with Crippen LogP contribution in [0.3, 0.4) is 0 Å². The third-order valence-electron chi connectivity index (χ3n) is 5.12. The number of quaternary nitrogens is 1. The van der Waals surface area contributed by atoms with E-state index >= 15 is 0 Å². The third-order valence-corrected chi connectivity index (χ3v) is 6.20. The molecule has 0 aromatic rings. The predicted octanol–water partition coefficient (Wildman–Crippen LogP) is 6.10. The fourth-order valence-corrected chi connectivity index (χ4v) is 4.16. The second-order valence-electron chi connectivity index (χ2n) is 8.35. The first-order valence-corrected chi connectivity index (χ1v) is 12.7. The molecule has 0 amide bonds. The highest BCUT2D eigenvalue weighted by Crippen LogP contribution is 2.16. The molecule has 6 heteroatoms. The molecule has 0 aromatic carbocycles. The van der Waals surface area contributed by atoms with Gasteiger partial charge in [0.25, 0.3) is 10.1 Å². The maximum Gasteiger partial charge on any atom is 0.298 e. The van der Waals surface area contributed by atoms with Gasteiger partial charge in [0, 0.05) is 0 Å². The van der Waals surface area contributed by atoms with Crippen molar-refractivity contribution in [1.29, 1.82) is 0 Å². The molecule has 0 heterocycles. The van der Waals surface area contributed by atoms with Crippen molar-refractivity contribution in [3.63, 3.8) is 0 Å². The lowest BCUT2D eigenvalue weighted by atomic mass is 10.0. The highest BCUT2D eigenvalue weighted by atomic mass is 32.2. The van der Waals surface area contributed by atoms with Gasteiger partial charge in [-0.2, -0.15) is 17.9 Å². The van der Waals surface area contributed by atoms with Gasteiger partial charge >= 0.3 is 0 Å². The summed E-state index contributed by atoms with van der Waals surface area (Å²) in [5.41, 5.74) is -1.14. The Morgan fingerprint density at radius 3 is 1.44 bits per heavy atom. The number of rotatable bonds is 19. The summed E-state index contributed by atoms with van der Waals surface area (Å²) in [5.74, 6) is 0. The standard InChI is InChI=1S/C21H45NO4S/c1-5-7-8-9-10-11-12-13-14-15-16-17-18-19-20-22(3,4)26-21(6-2)27(23,24)25/h21H,5-20H2,1-4H3/p+1. The van der Waals surface area contributed by atoms with Crippen molar-refractivity contribution in [2.45, 2.75) is 116 Å². The Balaban J connectivity index is 3.55. The van der Waals surface area contributed by atoms with Crippen LogP contribution >= 0.6 is 0 Å². The lowest BCUT2D eigenvalue weighted by molar-refractivity contribution is -1.08. The molecule has 0 radical (unpaired) electrons. The minimum absolute atomic E-state index is 0.163. The summed E-state index contributed by atoms with van der Waals surface area (Å²) in [6, 6.07) is 0. The van der Waals surface area contributed by atoms with E-state index in [1.165, 1.54) is 77.0 Å². The molecule has 27 heavy (non-hydrogen) atoms. The first-order valence-electron chi connectivity index (χ1n) is 11.2. The number of hydrogen-bond acceptors (Lipinski definition) is 3. The highest BCUT2D eigenvalue weighted by molar-refractivity contribution is 7.86. The number of hydrogen-bond donors (Lipinski definition) is 1. The molecule has 0 aliphatic carbocycles. The number of nitrogens with zero attached hydrogens (tertiary/aromatic N) is 1. The van der Waals surface area contributed by atoms with E-state index in [4.69, 9.17) is 4.84 Å². The fraction of sp³-hybridized carbons (Fsp3) is 1.00. The molecule has 0 saturated carbocycles. The van der Waals surface area contributed by atoms with E-state index in [-0.39, 0.29) is 11.1 Å². The second kappa shape index (κ2) is 15.7. The molecule has 164 valence electrons. The zero-order valence-corrected chi connectivity index (χ0v) is 19.2. The Hall–Kier alpha value is -0.170. The lowest BCUT2D eigenvalue weighted by Crippen LogP contribution is -2.45. The van der Waals surface area contributed by atoms with Crippen molar-refractivity contribution in [2.24, 2.45) is 0 Å². The van der Waals surface area contributed by atoms with Gasteiger partial charge in [-0.3, -0.25) is 4.55 Å². The zero-order valence-electron chi connectivity index (χ0n) is 18.4. The van der Waals surface area contributed by atoms with E-state index in [9.17, 15) is 13.0 Å². The van der Waals surface area contributed by atoms with E-state index in [0.717, 1.165) is 19.4 Å². The van der Waals surface area contributed by atoms with Crippen molar-refractivity contribution in [2.75, 3.05) is 20.6 Å². The first kappa shape index (κ1) is 26.8. The summed E-state index contributed by atoms with van der Waals surface area (Å²) in [4.78, 5) is 5.56. The van der Waals surface area contributed by atoms with Crippen molar-refractivity contribution in [3.05, 3.63) is 0 Å². The van der Waals surface area contributed by atoms with Crippen LogP contribution in [-0.2, 0) is 15.0 Å². The van der Waals surface area contributed by atoms with Gasteiger partial charge < -0.3 is 0 Å². The van der Waals surface area contributed by atoms with Crippen LogP contribution in [0.1, 0.15) is 110 Å². The molecule has 0 rings (SSSR count). The molecular formula is C21H46NO4S+. The Labute approximate surface area is 169 Å². The van der Waals surface area contributed by atoms with Crippen molar-refractivity contribution < 1.29 is 22.5 Å².